The molecule has 1 aliphatic rings. The molecule has 0 aromatic heterocycles. The van der Waals surface area contributed by atoms with E-state index < -0.39 is 0 Å². The molecule has 1 aromatic rings. The summed E-state index contributed by atoms with van der Waals surface area (Å²) in [5.41, 5.74) is 5.60. The minimum absolute atomic E-state index is 0.197. The molecule has 0 amide bonds. The topological polar surface area (TPSA) is 35.2 Å². The van der Waals surface area contributed by atoms with Crippen LogP contribution in [-0.4, -0.2) is 12.1 Å². The normalized spacial score (nSPS) is 18.7. The van der Waals surface area contributed by atoms with Gasteiger partial charge in [0.2, 0.25) is 0 Å². The summed E-state index contributed by atoms with van der Waals surface area (Å²) >= 11 is 11.8. The predicted octanol–water partition coefficient (Wildman–Crippen LogP) is 3.64. The van der Waals surface area contributed by atoms with Crippen LogP contribution in [0.1, 0.15) is 25.7 Å². The van der Waals surface area contributed by atoms with Gasteiger partial charge in [-0.25, -0.2) is 0 Å². The third-order valence-electron chi connectivity index (χ3n) is 3.11. The minimum atomic E-state index is -0.197. The molecule has 0 bridgehead atoms. The number of halogens is 2. The molecule has 16 heavy (non-hydrogen) atoms. The monoisotopic (exact) mass is 259 g/mol. The van der Waals surface area contributed by atoms with Gasteiger partial charge in [0.15, 0.2) is 0 Å². The lowest BCUT2D eigenvalue weighted by Gasteiger charge is -2.28. The van der Waals surface area contributed by atoms with Crippen LogP contribution in [0.4, 0.5) is 0 Å². The highest BCUT2D eigenvalue weighted by molar-refractivity contribution is 6.42. The van der Waals surface area contributed by atoms with E-state index in [-0.39, 0.29) is 5.60 Å². The quantitative estimate of drug-likeness (QED) is 0.900. The predicted molar refractivity (Wildman–Crippen MR) is 67.3 cm³/mol. The molecule has 0 unspecified atom stereocenters. The van der Waals surface area contributed by atoms with E-state index in [2.05, 4.69) is 0 Å². The fraction of sp³-hybridized carbons (Fsp3) is 0.500. The van der Waals surface area contributed by atoms with Gasteiger partial charge >= 0.3 is 0 Å². The second-order valence-electron chi connectivity index (χ2n) is 4.27. The Morgan fingerprint density at radius 2 is 1.88 bits per heavy atom. The van der Waals surface area contributed by atoms with Crippen molar-refractivity contribution in [3.63, 3.8) is 0 Å². The van der Waals surface area contributed by atoms with Crippen molar-refractivity contribution in [2.45, 2.75) is 31.3 Å². The maximum atomic E-state index is 5.98. The van der Waals surface area contributed by atoms with Gasteiger partial charge in [0.25, 0.3) is 0 Å². The first-order valence-corrected chi connectivity index (χ1v) is 6.25. The Kier molecular flexibility index (Phi) is 3.63. The molecule has 0 spiro atoms. The number of nitrogens with two attached hydrogens (primary N) is 1. The molecule has 2 rings (SSSR count). The van der Waals surface area contributed by atoms with Crippen molar-refractivity contribution in [3.05, 3.63) is 28.2 Å². The second kappa shape index (κ2) is 4.82. The first kappa shape index (κ1) is 12.0. The zero-order valence-electron chi connectivity index (χ0n) is 9.01. The Hall–Kier alpha value is -0.440. The highest BCUT2D eigenvalue weighted by Crippen LogP contribution is 2.35. The summed E-state index contributed by atoms with van der Waals surface area (Å²) < 4.78 is 5.98. The average molecular weight is 260 g/mol. The molecule has 0 aliphatic heterocycles. The number of hydrogen-bond acceptors (Lipinski definition) is 2. The second-order valence-corrected chi connectivity index (χ2v) is 5.09. The summed E-state index contributed by atoms with van der Waals surface area (Å²) in [6.45, 7) is 0.549. The zero-order chi connectivity index (χ0) is 11.6. The summed E-state index contributed by atoms with van der Waals surface area (Å²) in [4.78, 5) is 0. The lowest BCUT2D eigenvalue weighted by atomic mass is 10.0. The van der Waals surface area contributed by atoms with Crippen molar-refractivity contribution in [1.29, 1.82) is 0 Å². The van der Waals surface area contributed by atoms with Crippen molar-refractivity contribution in [2.24, 2.45) is 5.73 Å². The smallest absolute Gasteiger partial charge is 0.121 e. The number of hydrogen-bond donors (Lipinski definition) is 1. The van der Waals surface area contributed by atoms with Crippen LogP contribution in [0.15, 0.2) is 18.2 Å². The summed E-state index contributed by atoms with van der Waals surface area (Å²) in [6, 6.07) is 5.34. The lowest BCUT2D eigenvalue weighted by Crippen LogP contribution is -2.40. The van der Waals surface area contributed by atoms with Gasteiger partial charge in [-0.1, -0.05) is 23.2 Å². The molecule has 0 radical (unpaired) electrons. The van der Waals surface area contributed by atoms with Crippen LogP contribution >= 0.6 is 23.2 Å². The van der Waals surface area contributed by atoms with Gasteiger partial charge in [-0.05, 0) is 37.8 Å². The summed E-state index contributed by atoms with van der Waals surface area (Å²) in [5, 5.41) is 1.06. The van der Waals surface area contributed by atoms with Gasteiger partial charge in [0.05, 0.1) is 10.0 Å². The molecule has 1 saturated carbocycles. The first-order valence-electron chi connectivity index (χ1n) is 5.49. The first-order chi connectivity index (χ1) is 7.65. The molecule has 1 fully saturated rings. The Labute approximate surface area is 106 Å². The maximum Gasteiger partial charge on any atom is 0.121 e. The van der Waals surface area contributed by atoms with E-state index in [0.29, 0.717) is 16.6 Å². The van der Waals surface area contributed by atoms with Crippen LogP contribution in [-0.2, 0) is 0 Å². The van der Waals surface area contributed by atoms with E-state index in [1.807, 2.05) is 6.07 Å². The van der Waals surface area contributed by atoms with Gasteiger partial charge in [0, 0.05) is 12.6 Å². The molecule has 2 nitrogen and oxygen atoms in total. The van der Waals surface area contributed by atoms with Gasteiger partial charge < -0.3 is 10.5 Å². The van der Waals surface area contributed by atoms with Crippen LogP contribution in [0, 0.1) is 0 Å². The number of benzene rings is 1. The van der Waals surface area contributed by atoms with Gasteiger partial charge in [0.1, 0.15) is 11.4 Å². The molecule has 1 aliphatic carbocycles. The molecule has 2 N–H and O–H groups in total. The third kappa shape index (κ3) is 2.45. The van der Waals surface area contributed by atoms with Crippen molar-refractivity contribution in [3.8, 4) is 5.75 Å². The summed E-state index contributed by atoms with van der Waals surface area (Å²) in [7, 11) is 0. The Balaban J connectivity index is 2.16. The minimum Gasteiger partial charge on any atom is -0.486 e. The van der Waals surface area contributed by atoms with Crippen LogP contribution < -0.4 is 10.5 Å². The summed E-state index contributed by atoms with van der Waals surface area (Å²) in [6.07, 6.45) is 4.39. The van der Waals surface area contributed by atoms with E-state index in [1.54, 1.807) is 12.1 Å². The number of ether oxygens (including phenoxy) is 1. The molecular formula is C12H15Cl2NO. The van der Waals surface area contributed by atoms with Crippen LogP contribution in [0.25, 0.3) is 0 Å². The molecule has 0 saturated heterocycles. The highest BCUT2D eigenvalue weighted by atomic mass is 35.5. The molecule has 88 valence electrons. The Bertz CT molecular complexity index is 375. The van der Waals surface area contributed by atoms with Crippen LogP contribution in [0.3, 0.4) is 0 Å². The fourth-order valence-electron chi connectivity index (χ4n) is 2.16. The number of rotatable bonds is 3. The Morgan fingerprint density at radius 1 is 1.19 bits per heavy atom. The molecule has 0 atom stereocenters. The standard InChI is InChI=1S/C12H15Cl2NO/c13-10-4-3-9(7-11(10)14)16-12(8-15)5-1-2-6-12/h3-4,7H,1-2,5-6,8,15H2. The van der Waals surface area contributed by atoms with Crippen molar-refractivity contribution in [2.75, 3.05) is 6.54 Å². The van der Waals surface area contributed by atoms with E-state index >= 15 is 0 Å². The largest absolute Gasteiger partial charge is 0.486 e. The van der Waals surface area contributed by atoms with Gasteiger partial charge in [-0.3, -0.25) is 0 Å². The van der Waals surface area contributed by atoms with Gasteiger partial charge in [-0.2, -0.15) is 0 Å². The van der Waals surface area contributed by atoms with Crippen molar-refractivity contribution >= 4 is 23.2 Å². The molecular weight excluding hydrogens is 245 g/mol. The fourth-order valence-corrected chi connectivity index (χ4v) is 2.45. The van der Waals surface area contributed by atoms with E-state index in [9.17, 15) is 0 Å². The van der Waals surface area contributed by atoms with Crippen molar-refractivity contribution < 1.29 is 4.74 Å². The van der Waals surface area contributed by atoms with Crippen molar-refractivity contribution in [1.82, 2.24) is 0 Å². The SMILES string of the molecule is NCC1(Oc2ccc(Cl)c(Cl)c2)CCCC1. The molecule has 1 aromatic carbocycles. The summed E-state index contributed by atoms with van der Waals surface area (Å²) in [5.74, 6) is 0.752. The maximum absolute atomic E-state index is 5.98. The highest BCUT2D eigenvalue weighted by Gasteiger charge is 2.34. The van der Waals surface area contributed by atoms with E-state index in [4.69, 9.17) is 33.7 Å². The molecule has 4 heteroatoms. The Morgan fingerprint density at radius 3 is 2.44 bits per heavy atom. The third-order valence-corrected chi connectivity index (χ3v) is 3.85. The van der Waals surface area contributed by atoms with Crippen LogP contribution in [0.2, 0.25) is 10.0 Å². The van der Waals surface area contributed by atoms with E-state index in [0.717, 1.165) is 18.6 Å². The van der Waals surface area contributed by atoms with Gasteiger partial charge in [-0.15, -0.1) is 0 Å². The zero-order valence-corrected chi connectivity index (χ0v) is 10.5. The molecule has 0 heterocycles. The van der Waals surface area contributed by atoms with Crippen LogP contribution in [0.5, 0.6) is 5.75 Å². The average Bonchev–Trinajstić information content (AvgIpc) is 2.73. The van der Waals surface area contributed by atoms with E-state index in [1.165, 1.54) is 12.8 Å². The lowest BCUT2D eigenvalue weighted by molar-refractivity contribution is 0.0853.